The van der Waals surface area contributed by atoms with Crippen molar-refractivity contribution in [2.45, 2.75) is 13.5 Å². The van der Waals surface area contributed by atoms with Gasteiger partial charge in [0.05, 0.1) is 13.2 Å². The average molecular weight is 369 g/mol. The molecule has 1 aliphatic heterocycles. The lowest BCUT2D eigenvalue weighted by Gasteiger charge is -2.29. The summed E-state index contributed by atoms with van der Waals surface area (Å²) < 4.78 is 5.41. The van der Waals surface area contributed by atoms with E-state index in [-0.39, 0.29) is 6.03 Å². The number of benzene rings is 1. The van der Waals surface area contributed by atoms with Crippen molar-refractivity contribution in [3.63, 3.8) is 0 Å². The summed E-state index contributed by atoms with van der Waals surface area (Å²) in [6.07, 6.45) is 1.78. The molecule has 1 fully saturated rings. The molecule has 1 aromatic heterocycles. The molecule has 0 radical (unpaired) electrons. The molecule has 0 unspecified atom stereocenters. The minimum atomic E-state index is -0.233. The fourth-order valence-electron chi connectivity index (χ4n) is 2.98. The van der Waals surface area contributed by atoms with Gasteiger partial charge in [-0.2, -0.15) is 0 Å². The summed E-state index contributed by atoms with van der Waals surface area (Å²) >= 11 is 0. The van der Waals surface area contributed by atoms with Gasteiger partial charge in [0.15, 0.2) is 0 Å². The Bertz CT molecular complexity index is 762. The van der Waals surface area contributed by atoms with Gasteiger partial charge in [-0.25, -0.2) is 9.78 Å². The molecule has 2 heterocycles. The van der Waals surface area contributed by atoms with Crippen molar-refractivity contribution >= 4 is 23.2 Å². The lowest BCUT2D eigenvalue weighted by atomic mass is 10.2. The van der Waals surface area contributed by atoms with Crippen molar-refractivity contribution in [3.05, 3.63) is 48.2 Å². The van der Waals surface area contributed by atoms with Crippen LogP contribution in [0.4, 0.5) is 22.0 Å². The molecule has 2 N–H and O–H groups in total. The Morgan fingerprint density at radius 3 is 2.85 bits per heavy atom. The van der Waals surface area contributed by atoms with Crippen LogP contribution in [-0.4, -0.2) is 50.9 Å². The zero-order chi connectivity index (χ0) is 19.1. The second kappa shape index (κ2) is 9.23. The number of pyridine rings is 1. The van der Waals surface area contributed by atoms with Crippen LogP contribution in [0, 0.1) is 0 Å². The quantitative estimate of drug-likeness (QED) is 0.819. The highest BCUT2D eigenvalue weighted by molar-refractivity contribution is 5.89. The van der Waals surface area contributed by atoms with Crippen LogP contribution in [0.1, 0.15) is 12.5 Å². The number of nitrogens with zero attached hydrogens (tertiary/aromatic N) is 3. The number of rotatable bonds is 6. The highest BCUT2D eigenvalue weighted by Crippen LogP contribution is 2.19. The molecule has 2 aromatic rings. The molecule has 3 rings (SSSR count). The number of carbonyl (C=O) groups excluding carboxylic acids is 1. The van der Waals surface area contributed by atoms with Gasteiger partial charge < -0.3 is 25.2 Å². The number of hydrogen-bond acceptors (Lipinski definition) is 5. The Hall–Kier alpha value is -2.80. The zero-order valence-corrected chi connectivity index (χ0v) is 15.9. The molecule has 7 nitrogen and oxygen atoms in total. The SMILES string of the molecule is CCN(C)c1cccc(NC(=O)NCc2cccnc2N2CCOCC2)c1. The number of anilines is 3. The Labute approximate surface area is 160 Å². The van der Waals surface area contributed by atoms with Gasteiger partial charge in [0.25, 0.3) is 0 Å². The van der Waals surface area contributed by atoms with E-state index in [2.05, 4.69) is 32.3 Å². The van der Waals surface area contributed by atoms with E-state index in [9.17, 15) is 4.79 Å². The van der Waals surface area contributed by atoms with Gasteiger partial charge in [0.2, 0.25) is 0 Å². The average Bonchev–Trinajstić information content (AvgIpc) is 2.72. The van der Waals surface area contributed by atoms with Gasteiger partial charge in [-0.3, -0.25) is 0 Å². The van der Waals surface area contributed by atoms with Crippen molar-refractivity contribution in [1.29, 1.82) is 0 Å². The van der Waals surface area contributed by atoms with Crippen LogP contribution >= 0.6 is 0 Å². The summed E-state index contributed by atoms with van der Waals surface area (Å²) in [4.78, 5) is 21.1. The number of hydrogen-bond donors (Lipinski definition) is 2. The van der Waals surface area contributed by atoms with Gasteiger partial charge in [0.1, 0.15) is 5.82 Å². The van der Waals surface area contributed by atoms with Crippen LogP contribution < -0.4 is 20.4 Å². The smallest absolute Gasteiger partial charge is 0.319 e. The summed E-state index contributed by atoms with van der Waals surface area (Å²) in [5.74, 6) is 0.910. The van der Waals surface area contributed by atoms with Crippen LogP contribution in [0.25, 0.3) is 0 Å². The monoisotopic (exact) mass is 369 g/mol. The fraction of sp³-hybridized carbons (Fsp3) is 0.400. The Balaban J connectivity index is 1.60. The molecular formula is C20H27N5O2. The van der Waals surface area contributed by atoms with Gasteiger partial charge >= 0.3 is 6.03 Å². The first-order valence-electron chi connectivity index (χ1n) is 9.30. The topological polar surface area (TPSA) is 69.7 Å². The van der Waals surface area contributed by atoms with Gasteiger partial charge in [-0.1, -0.05) is 12.1 Å². The van der Waals surface area contributed by atoms with E-state index in [0.29, 0.717) is 19.8 Å². The van der Waals surface area contributed by atoms with E-state index in [1.807, 2.05) is 43.4 Å². The molecule has 2 amide bonds. The Morgan fingerprint density at radius 2 is 2.07 bits per heavy atom. The first kappa shape index (κ1) is 19.0. The Morgan fingerprint density at radius 1 is 1.26 bits per heavy atom. The highest BCUT2D eigenvalue weighted by Gasteiger charge is 2.16. The molecule has 144 valence electrons. The van der Waals surface area contributed by atoms with Crippen LogP contribution in [0.5, 0.6) is 0 Å². The molecule has 7 heteroatoms. The molecule has 1 aromatic carbocycles. The molecule has 0 aliphatic carbocycles. The number of amides is 2. The second-order valence-electron chi connectivity index (χ2n) is 6.46. The maximum atomic E-state index is 12.3. The maximum absolute atomic E-state index is 12.3. The van der Waals surface area contributed by atoms with E-state index in [0.717, 1.165) is 42.4 Å². The van der Waals surface area contributed by atoms with Crippen LogP contribution in [0.15, 0.2) is 42.6 Å². The number of nitrogens with one attached hydrogen (secondary N) is 2. The van der Waals surface area contributed by atoms with Crippen LogP contribution in [-0.2, 0) is 11.3 Å². The second-order valence-corrected chi connectivity index (χ2v) is 6.46. The first-order chi connectivity index (χ1) is 13.2. The van der Waals surface area contributed by atoms with E-state index < -0.39 is 0 Å². The van der Waals surface area contributed by atoms with Crippen molar-refractivity contribution in [3.8, 4) is 0 Å². The number of aromatic nitrogens is 1. The van der Waals surface area contributed by atoms with Gasteiger partial charge in [-0.05, 0) is 31.2 Å². The van der Waals surface area contributed by atoms with Crippen LogP contribution in [0.2, 0.25) is 0 Å². The van der Waals surface area contributed by atoms with Crippen molar-refractivity contribution in [1.82, 2.24) is 10.3 Å². The summed E-state index contributed by atoms with van der Waals surface area (Å²) in [7, 11) is 2.02. The fourth-order valence-corrected chi connectivity index (χ4v) is 2.98. The summed E-state index contributed by atoms with van der Waals surface area (Å²) in [5.41, 5.74) is 2.83. The lowest BCUT2D eigenvalue weighted by molar-refractivity contribution is 0.122. The minimum Gasteiger partial charge on any atom is -0.378 e. The molecule has 0 atom stereocenters. The minimum absolute atomic E-state index is 0.233. The van der Waals surface area contributed by atoms with Crippen molar-refractivity contribution in [2.24, 2.45) is 0 Å². The molecule has 0 bridgehead atoms. The molecule has 1 aliphatic rings. The predicted molar refractivity (Wildman–Crippen MR) is 109 cm³/mol. The molecular weight excluding hydrogens is 342 g/mol. The molecule has 1 saturated heterocycles. The summed E-state index contributed by atoms with van der Waals surface area (Å²) in [6, 6.07) is 11.5. The summed E-state index contributed by atoms with van der Waals surface area (Å²) in [5, 5.41) is 5.83. The molecule has 0 saturated carbocycles. The third-order valence-electron chi connectivity index (χ3n) is 4.64. The highest BCUT2D eigenvalue weighted by atomic mass is 16.5. The standard InChI is InChI=1S/C20H27N5O2/c1-3-24(2)18-8-4-7-17(14-18)23-20(26)22-15-16-6-5-9-21-19(16)25-10-12-27-13-11-25/h4-9,14H,3,10-13,15H2,1-2H3,(H2,22,23,26). The van der Waals surface area contributed by atoms with Crippen LogP contribution in [0.3, 0.4) is 0 Å². The Kier molecular flexibility index (Phi) is 6.49. The van der Waals surface area contributed by atoms with Crippen molar-refractivity contribution < 1.29 is 9.53 Å². The maximum Gasteiger partial charge on any atom is 0.319 e. The number of urea groups is 1. The zero-order valence-electron chi connectivity index (χ0n) is 15.9. The molecule has 27 heavy (non-hydrogen) atoms. The third kappa shape index (κ3) is 5.10. The number of carbonyl (C=O) groups is 1. The summed E-state index contributed by atoms with van der Waals surface area (Å²) in [6.45, 7) is 6.44. The normalized spacial score (nSPS) is 13.9. The first-order valence-corrected chi connectivity index (χ1v) is 9.30. The van der Waals surface area contributed by atoms with Gasteiger partial charge in [-0.15, -0.1) is 0 Å². The van der Waals surface area contributed by atoms with E-state index in [1.54, 1.807) is 6.20 Å². The van der Waals surface area contributed by atoms with E-state index in [4.69, 9.17) is 4.74 Å². The van der Waals surface area contributed by atoms with Crippen molar-refractivity contribution in [2.75, 3.05) is 55.0 Å². The number of morpholine rings is 1. The third-order valence-corrected chi connectivity index (χ3v) is 4.64. The predicted octanol–water partition coefficient (Wildman–Crippen LogP) is 2.70. The van der Waals surface area contributed by atoms with Gasteiger partial charge in [0, 0.05) is 56.4 Å². The lowest BCUT2D eigenvalue weighted by Crippen LogP contribution is -2.38. The largest absolute Gasteiger partial charge is 0.378 e. The molecule has 0 spiro atoms. The van der Waals surface area contributed by atoms with E-state index >= 15 is 0 Å². The number of ether oxygens (including phenoxy) is 1. The van der Waals surface area contributed by atoms with E-state index in [1.165, 1.54) is 0 Å².